The van der Waals surface area contributed by atoms with E-state index in [0.717, 1.165) is 5.92 Å². The maximum atomic E-state index is 4.12. The minimum Gasteiger partial charge on any atom is -0.312 e. The van der Waals surface area contributed by atoms with Gasteiger partial charge >= 0.3 is 0 Å². The molecule has 1 aromatic heterocycles. The zero-order valence-electron chi connectivity index (χ0n) is 8.58. The second-order valence-electron chi connectivity index (χ2n) is 3.25. The van der Waals surface area contributed by atoms with Crippen LogP contribution in [0.3, 0.4) is 0 Å². The molecule has 0 fully saturated rings. The molecule has 0 saturated heterocycles. The molecule has 1 unspecified atom stereocenters. The number of aromatic nitrogens is 1. The molecular formula is C10H18N2S. The van der Waals surface area contributed by atoms with Gasteiger partial charge in [-0.05, 0) is 13.0 Å². The second kappa shape index (κ2) is 5.35. The summed E-state index contributed by atoms with van der Waals surface area (Å²) in [7, 11) is 2.03. The Morgan fingerprint density at radius 3 is 2.54 bits per heavy atom. The molecule has 1 atom stereocenters. The van der Waals surface area contributed by atoms with Crippen molar-refractivity contribution >= 4 is 11.3 Å². The van der Waals surface area contributed by atoms with Crippen molar-refractivity contribution in [2.45, 2.75) is 32.7 Å². The van der Waals surface area contributed by atoms with E-state index in [2.05, 4.69) is 24.1 Å². The summed E-state index contributed by atoms with van der Waals surface area (Å²) >= 11 is 1.74. The Morgan fingerprint density at radius 1 is 1.46 bits per heavy atom. The topological polar surface area (TPSA) is 24.9 Å². The van der Waals surface area contributed by atoms with Crippen LogP contribution in [0.15, 0.2) is 11.7 Å². The lowest BCUT2D eigenvalue weighted by Gasteiger charge is -2.23. The van der Waals surface area contributed by atoms with Crippen molar-refractivity contribution in [2.24, 2.45) is 5.92 Å². The van der Waals surface area contributed by atoms with Gasteiger partial charge in [-0.25, -0.2) is 0 Å². The molecule has 0 aliphatic carbocycles. The van der Waals surface area contributed by atoms with Gasteiger partial charge in [-0.3, -0.25) is 4.98 Å². The smallest absolute Gasteiger partial charge is 0.0794 e. The van der Waals surface area contributed by atoms with Crippen molar-refractivity contribution in [3.05, 3.63) is 16.6 Å². The van der Waals surface area contributed by atoms with E-state index in [1.54, 1.807) is 11.3 Å². The Bertz CT molecular complexity index is 217. The Hall–Kier alpha value is -0.410. The van der Waals surface area contributed by atoms with Gasteiger partial charge in [-0.2, -0.15) is 0 Å². The lowest BCUT2D eigenvalue weighted by atomic mass is 9.93. The van der Waals surface area contributed by atoms with Crippen LogP contribution in [-0.2, 0) is 0 Å². The van der Waals surface area contributed by atoms with E-state index < -0.39 is 0 Å². The number of hydrogen-bond acceptors (Lipinski definition) is 3. The summed E-state index contributed by atoms with van der Waals surface area (Å²) in [5, 5.41) is 3.38. The molecule has 3 heteroatoms. The van der Waals surface area contributed by atoms with E-state index in [0.29, 0.717) is 6.04 Å². The number of hydrogen-bond donors (Lipinski definition) is 1. The van der Waals surface area contributed by atoms with Crippen molar-refractivity contribution in [2.75, 3.05) is 7.05 Å². The maximum Gasteiger partial charge on any atom is 0.0794 e. The number of nitrogens with zero attached hydrogens (tertiary/aromatic N) is 1. The molecule has 0 aliphatic rings. The van der Waals surface area contributed by atoms with Gasteiger partial charge < -0.3 is 5.32 Å². The molecule has 0 aromatic carbocycles. The van der Waals surface area contributed by atoms with E-state index in [9.17, 15) is 0 Å². The van der Waals surface area contributed by atoms with Gasteiger partial charge in [0.1, 0.15) is 0 Å². The van der Waals surface area contributed by atoms with Crippen LogP contribution < -0.4 is 5.32 Å². The highest BCUT2D eigenvalue weighted by Gasteiger charge is 2.19. The van der Waals surface area contributed by atoms with Crippen LogP contribution in [0.4, 0.5) is 0 Å². The fourth-order valence-corrected chi connectivity index (χ4v) is 2.57. The molecule has 1 heterocycles. The van der Waals surface area contributed by atoms with Gasteiger partial charge in [0.2, 0.25) is 0 Å². The van der Waals surface area contributed by atoms with Crippen molar-refractivity contribution < 1.29 is 0 Å². The Labute approximate surface area is 84.4 Å². The molecule has 1 N–H and O–H groups in total. The average Bonchev–Trinajstić information content (AvgIpc) is 2.66. The highest BCUT2D eigenvalue weighted by molar-refractivity contribution is 7.09. The van der Waals surface area contributed by atoms with E-state index in [-0.39, 0.29) is 0 Å². The van der Waals surface area contributed by atoms with Crippen LogP contribution >= 0.6 is 11.3 Å². The molecule has 0 saturated carbocycles. The molecule has 1 aromatic rings. The predicted molar refractivity (Wildman–Crippen MR) is 58.0 cm³/mol. The monoisotopic (exact) mass is 198 g/mol. The van der Waals surface area contributed by atoms with Crippen LogP contribution in [0.2, 0.25) is 0 Å². The summed E-state index contributed by atoms with van der Waals surface area (Å²) in [5.41, 5.74) is 1.90. The second-order valence-corrected chi connectivity index (χ2v) is 4.16. The van der Waals surface area contributed by atoms with E-state index >= 15 is 0 Å². The predicted octanol–water partition coefficient (Wildman–Crippen LogP) is 2.84. The lowest BCUT2D eigenvalue weighted by molar-refractivity contribution is 0.364. The number of rotatable bonds is 5. The minimum atomic E-state index is 0.488. The summed E-state index contributed by atoms with van der Waals surface area (Å²) in [6.07, 6.45) is 4.42. The van der Waals surface area contributed by atoms with Gasteiger partial charge in [-0.15, -0.1) is 11.3 Å². The Balaban J connectivity index is 2.72. The molecule has 13 heavy (non-hydrogen) atoms. The van der Waals surface area contributed by atoms with Crippen molar-refractivity contribution in [3.63, 3.8) is 0 Å². The van der Waals surface area contributed by atoms with E-state index in [1.165, 1.54) is 17.7 Å². The first kappa shape index (κ1) is 10.7. The largest absolute Gasteiger partial charge is 0.312 e. The summed E-state index contributed by atoms with van der Waals surface area (Å²) < 4.78 is 0. The SMILES string of the molecule is CCC(CC)C(NC)c1cncs1. The van der Waals surface area contributed by atoms with Crippen molar-refractivity contribution in [3.8, 4) is 0 Å². The first-order valence-corrected chi connectivity index (χ1v) is 5.77. The standard InChI is InChI=1S/C10H18N2S/c1-4-8(5-2)10(11-3)9-6-12-7-13-9/h6-8,10-11H,4-5H2,1-3H3. The number of thiazole rings is 1. The zero-order chi connectivity index (χ0) is 9.68. The fraction of sp³-hybridized carbons (Fsp3) is 0.700. The third kappa shape index (κ3) is 2.51. The normalized spacial score (nSPS) is 13.5. The van der Waals surface area contributed by atoms with Crippen LogP contribution in [-0.4, -0.2) is 12.0 Å². The highest BCUT2D eigenvalue weighted by Crippen LogP contribution is 2.28. The van der Waals surface area contributed by atoms with Gasteiger partial charge in [0.05, 0.1) is 5.51 Å². The number of nitrogens with one attached hydrogen (secondary N) is 1. The van der Waals surface area contributed by atoms with Crippen LogP contribution in [0, 0.1) is 5.92 Å². The van der Waals surface area contributed by atoms with Crippen molar-refractivity contribution in [1.29, 1.82) is 0 Å². The average molecular weight is 198 g/mol. The lowest BCUT2D eigenvalue weighted by Crippen LogP contribution is -2.23. The van der Waals surface area contributed by atoms with E-state index in [1.807, 2.05) is 18.8 Å². The summed E-state index contributed by atoms with van der Waals surface area (Å²) in [5.74, 6) is 0.727. The van der Waals surface area contributed by atoms with Gasteiger partial charge in [-0.1, -0.05) is 26.7 Å². The van der Waals surface area contributed by atoms with Crippen LogP contribution in [0.1, 0.15) is 37.6 Å². The Morgan fingerprint density at radius 2 is 2.15 bits per heavy atom. The third-order valence-electron chi connectivity index (χ3n) is 2.59. The molecule has 0 amide bonds. The molecular weight excluding hydrogens is 180 g/mol. The first-order valence-electron chi connectivity index (χ1n) is 4.89. The maximum absolute atomic E-state index is 4.12. The third-order valence-corrected chi connectivity index (χ3v) is 3.45. The molecule has 1 rings (SSSR count). The first-order chi connectivity index (χ1) is 6.33. The zero-order valence-corrected chi connectivity index (χ0v) is 9.40. The van der Waals surface area contributed by atoms with Crippen LogP contribution in [0.25, 0.3) is 0 Å². The molecule has 0 radical (unpaired) electrons. The van der Waals surface area contributed by atoms with Gasteiger partial charge in [0.25, 0.3) is 0 Å². The van der Waals surface area contributed by atoms with Gasteiger partial charge in [0.15, 0.2) is 0 Å². The summed E-state index contributed by atoms with van der Waals surface area (Å²) in [4.78, 5) is 5.48. The van der Waals surface area contributed by atoms with Gasteiger partial charge in [0, 0.05) is 17.1 Å². The fourth-order valence-electron chi connectivity index (χ4n) is 1.75. The summed E-state index contributed by atoms with van der Waals surface area (Å²) in [6.45, 7) is 4.50. The highest BCUT2D eigenvalue weighted by atomic mass is 32.1. The summed E-state index contributed by atoms with van der Waals surface area (Å²) in [6, 6.07) is 0.488. The Kier molecular flexibility index (Phi) is 4.39. The molecule has 74 valence electrons. The quantitative estimate of drug-likeness (QED) is 0.787. The molecule has 0 aliphatic heterocycles. The molecule has 0 bridgehead atoms. The minimum absolute atomic E-state index is 0.488. The van der Waals surface area contributed by atoms with E-state index in [4.69, 9.17) is 0 Å². The molecule has 2 nitrogen and oxygen atoms in total. The molecule has 0 spiro atoms. The van der Waals surface area contributed by atoms with Crippen molar-refractivity contribution in [1.82, 2.24) is 10.3 Å². The van der Waals surface area contributed by atoms with Crippen LogP contribution in [0.5, 0.6) is 0 Å².